The zero-order chi connectivity index (χ0) is 19.5. The van der Waals surface area contributed by atoms with E-state index >= 15 is 0 Å². The number of ether oxygens (including phenoxy) is 1. The Morgan fingerprint density at radius 3 is 2.42 bits per heavy atom. The molecule has 1 atom stereocenters. The smallest absolute Gasteiger partial charge is 0.387 e. The van der Waals surface area contributed by atoms with E-state index in [0.717, 1.165) is 4.90 Å². The number of urea groups is 1. The minimum absolute atomic E-state index is 0.0449. The van der Waals surface area contributed by atoms with E-state index in [1.807, 2.05) is 13.8 Å². The molecule has 0 radical (unpaired) electrons. The molecule has 0 spiro atoms. The summed E-state index contributed by atoms with van der Waals surface area (Å²) in [6.45, 7) is 2.12. The summed E-state index contributed by atoms with van der Waals surface area (Å²) in [5, 5.41) is 5.13. The Balaban J connectivity index is 1.97. The van der Waals surface area contributed by atoms with Crippen molar-refractivity contribution in [2.75, 3.05) is 11.9 Å². The number of anilines is 1. The number of nitrogens with zero attached hydrogens (tertiary/aromatic N) is 1. The minimum Gasteiger partial charge on any atom is -0.435 e. The molecule has 1 fully saturated rings. The van der Waals surface area contributed by atoms with Crippen molar-refractivity contribution in [1.82, 2.24) is 10.2 Å². The first kappa shape index (κ1) is 19.6. The average molecular weight is 369 g/mol. The van der Waals surface area contributed by atoms with Gasteiger partial charge in [0.15, 0.2) is 0 Å². The summed E-state index contributed by atoms with van der Waals surface area (Å²) in [6, 6.07) is 4.69. The number of benzene rings is 1. The summed E-state index contributed by atoms with van der Waals surface area (Å²) in [5.74, 6) is -0.889. The monoisotopic (exact) mass is 369 g/mol. The molecule has 7 nitrogen and oxygen atoms in total. The number of nitrogens with one attached hydrogen (secondary N) is 2. The number of amides is 4. The van der Waals surface area contributed by atoms with Gasteiger partial charge in [-0.1, -0.05) is 13.8 Å². The van der Waals surface area contributed by atoms with Gasteiger partial charge in [-0.25, -0.2) is 4.79 Å². The minimum atomic E-state index is -2.93. The highest BCUT2D eigenvalue weighted by molar-refractivity contribution is 6.09. The Bertz CT molecular complexity index is 694. The summed E-state index contributed by atoms with van der Waals surface area (Å²) in [5.41, 5.74) is -0.701. The normalized spacial score (nSPS) is 19.9. The van der Waals surface area contributed by atoms with Crippen LogP contribution in [0.2, 0.25) is 0 Å². The lowest BCUT2D eigenvalue weighted by Gasteiger charge is -2.23. The Morgan fingerprint density at radius 1 is 1.27 bits per heavy atom. The number of rotatable bonds is 7. The third kappa shape index (κ3) is 4.68. The first-order chi connectivity index (χ1) is 12.1. The third-order valence-corrected chi connectivity index (χ3v) is 3.83. The van der Waals surface area contributed by atoms with Crippen molar-refractivity contribution in [2.45, 2.75) is 39.3 Å². The van der Waals surface area contributed by atoms with Gasteiger partial charge < -0.3 is 15.4 Å². The maximum absolute atomic E-state index is 12.5. The average Bonchev–Trinajstić information content (AvgIpc) is 2.71. The molecule has 0 bridgehead atoms. The molecule has 142 valence electrons. The first-order valence-electron chi connectivity index (χ1n) is 8.09. The summed E-state index contributed by atoms with van der Waals surface area (Å²) in [6.07, 6.45) is 0.460. The largest absolute Gasteiger partial charge is 0.435 e. The van der Waals surface area contributed by atoms with E-state index in [9.17, 15) is 23.2 Å². The lowest BCUT2D eigenvalue weighted by Crippen LogP contribution is -2.45. The van der Waals surface area contributed by atoms with Gasteiger partial charge >= 0.3 is 12.6 Å². The summed E-state index contributed by atoms with van der Waals surface area (Å²) < 4.78 is 28.4. The molecule has 1 heterocycles. The second-order valence-electron chi connectivity index (χ2n) is 6.70. The van der Waals surface area contributed by atoms with Crippen LogP contribution >= 0.6 is 0 Å². The number of carbonyl (C=O) groups is 3. The van der Waals surface area contributed by atoms with Crippen LogP contribution in [0.15, 0.2) is 24.3 Å². The van der Waals surface area contributed by atoms with E-state index in [1.165, 1.54) is 24.3 Å². The van der Waals surface area contributed by atoms with Crippen LogP contribution in [0.25, 0.3) is 0 Å². The molecule has 4 amide bonds. The topological polar surface area (TPSA) is 87.7 Å². The second-order valence-corrected chi connectivity index (χ2v) is 6.70. The van der Waals surface area contributed by atoms with E-state index in [2.05, 4.69) is 15.4 Å². The van der Waals surface area contributed by atoms with Gasteiger partial charge in [-0.3, -0.25) is 14.5 Å². The van der Waals surface area contributed by atoms with E-state index in [0.29, 0.717) is 12.1 Å². The van der Waals surface area contributed by atoms with Crippen molar-refractivity contribution >= 4 is 23.5 Å². The maximum atomic E-state index is 12.5. The molecule has 1 aliphatic rings. The number of carbonyl (C=O) groups excluding carboxylic acids is 3. The second kappa shape index (κ2) is 7.67. The van der Waals surface area contributed by atoms with Crippen molar-refractivity contribution < 1.29 is 27.9 Å². The highest BCUT2D eigenvalue weighted by Gasteiger charge is 2.48. The predicted molar refractivity (Wildman–Crippen MR) is 89.8 cm³/mol. The zero-order valence-corrected chi connectivity index (χ0v) is 14.7. The van der Waals surface area contributed by atoms with Gasteiger partial charge in [0.05, 0.1) is 0 Å². The molecular weight excluding hydrogens is 348 g/mol. The van der Waals surface area contributed by atoms with Gasteiger partial charge in [-0.05, 0) is 43.5 Å². The number of hydrogen-bond acceptors (Lipinski definition) is 4. The molecule has 2 rings (SSSR count). The van der Waals surface area contributed by atoms with Gasteiger partial charge in [0, 0.05) is 5.69 Å². The highest BCUT2D eigenvalue weighted by Crippen LogP contribution is 2.25. The molecule has 1 saturated heterocycles. The number of halogens is 2. The fraction of sp³-hybridized carbons (Fsp3) is 0.471. The summed E-state index contributed by atoms with van der Waals surface area (Å²) >= 11 is 0. The molecule has 0 unspecified atom stereocenters. The van der Waals surface area contributed by atoms with E-state index in [-0.39, 0.29) is 11.7 Å². The van der Waals surface area contributed by atoms with Crippen LogP contribution in [0, 0.1) is 5.92 Å². The van der Waals surface area contributed by atoms with Crippen LogP contribution < -0.4 is 15.4 Å². The first-order valence-corrected chi connectivity index (χ1v) is 8.09. The molecule has 0 aromatic heterocycles. The molecule has 0 saturated carbocycles. The van der Waals surface area contributed by atoms with Crippen LogP contribution in [0.3, 0.4) is 0 Å². The Kier molecular flexibility index (Phi) is 5.79. The fourth-order valence-corrected chi connectivity index (χ4v) is 2.91. The van der Waals surface area contributed by atoms with Gasteiger partial charge in [0.2, 0.25) is 5.91 Å². The van der Waals surface area contributed by atoms with Gasteiger partial charge in [-0.2, -0.15) is 8.78 Å². The van der Waals surface area contributed by atoms with Crippen LogP contribution in [-0.2, 0) is 9.59 Å². The van der Waals surface area contributed by atoms with Crippen molar-refractivity contribution in [3.8, 4) is 5.75 Å². The van der Waals surface area contributed by atoms with Gasteiger partial charge in [0.25, 0.3) is 5.91 Å². The van der Waals surface area contributed by atoms with E-state index in [1.54, 1.807) is 6.92 Å². The van der Waals surface area contributed by atoms with Crippen molar-refractivity contribution in [3.05, 3.63) is 24.3 Å². The van der Waals surface area contributed by atoms with Crippen LogP contribution in [-0.4, -0.2) is 41.4 Å². The summed E-state index contributed by atoms with van der Waals surface area (Å²) in [4.78, 5) is 37.5. The Morgan fingerprint density at radius 2 is 1.88 bits per heavy atom. The lowest BCUT2D eigenvalue weighted by molar-refractivity contribution is -0.133. The van der Waals surface area contributed by atoms with Crippen molar-refractivity contribution in [3.63, 3.8) is 0 Å². The number of hydrogen-bond donors (Lipinski definition) is 2. The molecule has 0 aliphatic carbocycles. The predicted octanol–water partition coefficient (Wildman–Crippen LogP) is 2.58. The van der Waals surface area contributed by atoms with Crippen molar-refractivity contribution in [1.29, 1.82) is 0 Å². The van der Waals surface area contributed by atoms with E-state index in [4.69, 9.17) is 0 Å². The molecular formula is C17H21F2N3O4. The quantitative estimate of drug-likeness (QED) is 0.723. The van der Waals surface area contributed by atoms with Crippen LogP contribution in [0.1, 0.15) is 27.2 Å². The van der Waals surface area contributed by atoms with Gasteiger partial charge in [0.1, 0.15) is 17.8 Å². The van der Waals surface area contributed by atoms with Crippen molar-refractivity contribution in [2.24, 2.45) is 5.92 Å². The SMILES string of the molecule is CC(C)C[C@]1(C)NC(=O)N(CC(=O)Nc2ccc(OC(F)F)cc2)C1=O. The molecule has 1 aliphatic heterocycles. The van der Waals surface area contributed by atoms with Crippen LogP contribution in [0.4, 0.5) is 19.3 Å². The van der Waals surface area contributed by atoms with E-state index < -0.39 is 36.5 Å². The lowest BCUT2D eigenvalue weighted by atomic mass is 9.91. The molecule has 2 N–H and O–H groups in total. The molecule has 26 heavy (non-hydrogen) atoms. The molecule has 1 aromatic rings. The fourth-order valence-electron chi connectivity index (χ4n) is 2.91. The Hall–Kier alpha value is -2.71. The summed E-state index contributed by atoms with van der Waals surface area (Å²) in [7, 11) is 0. The molecule has 9 heteroatoms. The third-order valence-electron chi connectivity index (χ3n) is 3.83. The standard InChI is InChI=1S/C17H21F2N3O4/c1-10(2)8-17(3)14(24)22(16(25)21-17)9-13(23)20-11-4-6-12(7-5-11)26-15(18)19/h4-7,10,15H,8-9H2,1-3H3,(H,20,23)(H,21,25)/t17-/m0/s1. The van der Waals surface area contributed by atoms with Gasteiger partial charge in [-0.15, -0.1) is 0 Å². The zero-order valence-electron chi connectivity index (χ0n) is 14.7. The number of alkyl halides is 2. The maximum Gasteiger partial charge on any atom is 0.387 e. The Labute approximate surface area is 149 Å². The highest BCUT2D eigenvalue weighted by atomic mass is 19.3. The van der Waals surface area contributed by atoms with Crippen LogP contribution in [0.5, 0.6) is 5.75 Å². The molecule has 1 aromatic carbocycles. The number of imide groups is 1.